The van der Waals surface area contributed by atoms with Crippen molar-refractivity contribution in [1.82, 2.24) is 5.32 Å². The number of rotatable bonds is 7. The summed E-state index contributed by atoms with van der Waals surface area (Å²) in [6.45, 7) is 2.55. The maximum absolute atomic E-state index is 12.6. The lowest BCUT2D eigenvalue weighted by atomic mass is 10.1. The Balaban J connectivity index is 1.35. The van der Waals surface area contributed by atoms with E-state index in [9.17, 15) is 4.79 Å². The van der Waals surface area contributed by atoms with E-state index in [4.69, 9.17) is 18.9 Å². The molecule has 6 nitrogen and oxygen atoms in total. The fraction of sp³-hybridized carbons (Fsp3) is 0.227. The molecule has 29 heavy (non-hydrogen) atoms. The van der Waals surface area contributed by atoms with Gasteiger partial charge in [-0.05, 0) is 48.2 Å². The molecule has 0 spiro atoms. The van der Waals surface area contributed by atoms with Gasteiger partial charge in [0.2, 0.25) is 6.79 Å². The summed E-state index contributed by atoms with van der Waals surface area (Å²) < 4.78 is 21.7. The monoisotopic (exact) mass is 411 g/mol. The van der Waals surface area contributed by atoms with Gasteiger partial charge in [-0.1, -0.05) is 12.1 Å². The molecular formula is C22H21NO5S. The quantitative estimate of drug-likeness (QED) is 0.618. The van der Waals surface area contributed by atoms with Crippen LogP contribution in [-0.4, -0.2) is 19.8 Å². The summed E-state index contributed by atoms with van der Waals surface area (Å²) in [6, 6.07) is 14.9. The Labute approximate surface area is 173 Å². The van der Waals surface area contributed by atoms with Crippen molar-refractivity contribution in [3.05, 3.63) is 69.9 Å². The lowest BCUT2D eigenvalue weighted by Gasteiger charge is -2.14. The van der Waals surface area contributed by atoms with Crippen LogP contribution in [0, 0.1) is 0 Å². The Hall–Kier alpha value is -3.19. The maximum Gasteiger partial charge on any atom is 0.261 e. The topological polar surface area (TPSA) is 66.0 Å². The molecule has 4 rings (SSSR count). The minimum absolute atomic E-state index is 0.111. The van der Waals surface area contributed by atoms with Crippen LogP contribution in [0.4, 0.5) is 0 Å². The van der Waals surface area contributed by atoms with E-state index >= 15 is 0 Å². The highest BCUT2D eigenvalue weighted by atomic mass is 32.1. The number of amides is 1. The molecule has 1 atom stereocenters. The Morgan fingerprint density at radius 3 is 2.86 bits per heavy atom. The van der Waals surface area contributed by atoms with E-state index in [2.05, 4.69) is 5.32 Å². The smallest absolute Gasteiger partial charge is 0.261 e. The average molecular weight is 411 g/mol. The molecule has 0 aliphatic carbocycles. The standard InChI is InChI=1S/C22H21NO5S/c1-14(16-4-3-5-17(9-16)25-2)23-22(24)21-8-15(12-29-21)11-26-18-6-7-19-20(10-18)28-13-27-19/h3-10,12,14H,11,13H2,1-2H3,(H,23,24). The van der Waals surface area contributed by atoms with Crippen molar-refractivity contribution in [3.8, 4) is 23.0 Å². The van der Waals surface area contributed by atoms with Crippen molar-refractivity contribution >= 4 is 17.2 Å². The first-order valence-electron chi connectivity index (χ1n) is 9.17. The molecule has 0 saturated heterocycles. The number of carbonyl (C=O) groups excluding carboxylic acids is 1. The highest BCUT2D eigenvalue weighted by molar-refractivity contribution is 7.12. The third-order valence-electron chi connectivity index (χ3n) is 4.57. The van der Waals surface area contributed by atoms with Gasteiger partial charge in [0.25, 0.3) is 5.91 Å². The molecule has 7 heteroatoms. The molecule has 1 aromatic heterocycles. The summed E-state index contributed by atoms with van der Waals surface area (Å²) >= 11 is 1.40. The number of carbonyl (C=O) groups is 1. The highest BCUT2D eigenvalue weighted by Crippen LogP contribution is 2.35. The van der Waals surface area contributed by atoms with Crippen molar-refractivity contribution in [2.45, 2.75) is 19.6 Å². The van der Waals surface area contributed by atoms with Crippen LogP contribution in [0.5, 0.6) is 23.0 Å². The molecule has 1 aliphatic heterocycles. The molecular weight excluding hydrogens is 390 g/mol. The van der Waals surface area contributed by atoms with E-state index in [0.717, 1.165) is 22.6 Å². The minimum Gasteiger partial charge on any atom is -0.497 e. The van der Waals surface area contributed by atoms with E-state index in [1.54, 1.807) is 13.2 Å². The Bertz CT molecular complexity index is 1020. The van der Waals surface area contributed by atoms with Crippen LogP contribution in [0.1, 0.15) is 33.8 Å². The highest BCUT2D eigenvalue weighted by Gasteiger charge is 2.16. The summed E-state index contributed by atoms with van der Waals surface area (Å²) in [5.41, 5.74) is 1.92. The van der Waals surface area contributed by atoms with Crippen molar-refractivity contribution in [2.24, 2.45) is 0 Å². The molecule has 1 amide bonds. The molecule has 2 heterocycles. The van der Waals surface area contributed by atoms with Crippen LogP contribution < -0.4 is 24.3 Å². The largest absolute Gasteiger partial charge is 0.497 e. The average Bonchev–Trinajstić information content (AvgIpc) is 3.41. The van der Waals surface area contributed by atoms with Gasteiger partial charge < -0.3 is 24.3 Å². The number of benzene rings is 2. The van der Waals surface area contributed by atoms with Crippen molar-refractivity contribution < 1.29 is 23.7 Å². The molecule has 2 aromatic carbocycles. The molecule has 3 aromatic rings. The number of hydrogen-bond donors (Lipinski definition) is 1. The third kappa shape index (κ3) is 4.46. The second-order valence-corrected chi connectivity index (χ2v) is 7.51. The molecule has 1 N–H and O–H groups in total. The van der Waals surface area contributed by atoms with Crippen molar-refractivity contribution in [1.29, 1.82) is 0 Å². The summed E-state index contributed by atoms with van der Waals surface area (Å²) in [7, 11) is 1.63. The summed E-state index contributed by atoms with van der Waals surface area (Å²) in [6.07, 6.45) is 0. The summed E-state index contributed by atoms with van der Waals surface area (Å²) in [5.74, 6) is 2.75. The summed E-state index contributed by atoms with van der Waals surface area (Å²) in [4.78, 5) is 13.2. The predicted molar refractivity (Wildman–Crippen MR) is 110 cm³/mol. The van der Waals surface area contributed by atoms with Crippen LogP contribution in [0.2, 0.25) is 0 Å². The van der Waals surface area contributed by atoms with Gasteiger partial charge in [0.05, 0.1) is 18.0 Å². The number of methoxy groups -OCH3 is 1. The Kier molecular flexibility index (Phi) is 5.57. The molecule has 0 radical (unpaired) electrons. The molecule has 0 saturated carbocycles. The molecule has 150 valence electrons. The minimum atomic E-state index is -0.131. The third-order valence-corrected chi connectivity index (χ3v) is 5.55. The van der Waals surface area contributed by atoms with Gasteiger partial charge >= 0.3 is 0 Å². The SMILES string of the molecule is COc1cccc(C(C)NC(=O)c2cc(COc3ccc4c(c3)OCO4)cs2)c1. The van der Waals surface area contributed by atoms with Crippen LogP contribution in [0.15, 0.2) is 53.9 Å². The first-order chi connectivity index (χ1) is 14.1. The molecule has 0 fully saturated rings. The second-order valence-electron chi connectivity index (χ2n) is 6.59. The number of thiophene rings is 1. The van der Waals surface area contributed by atoms with Gasteiger partial charge in [0.15, 0.2) is 11.5 Å². The van der Waals surface area contributed by atoms with Gasteiger partial charge in [0, 0.05) is 11.6 Å². The van der Waals surface area contributed by atoms with Gasteiger partial charge in [-0.3, -0.25) is 4.79 Å². The zero-order valence-corrected chi connectivity index (χ0v) is 17.0. The normalized spacial score (nSPS) is 13.0. The zero-order chi connectivity index (χ0) is 20.2. The predicted octanol–water partition coefficient (Wildman–Crippen LogP) is 4.56. The van der Waals surface area contributed by atoms with Crippen molar-refractivity contribution in [3.63, 3.8) is 0 Å². The van der Waals surface area contributed by atoms with Crippen molar-refractivity contribution in [2.75, 3.05) is 13.9 Å². The first kappa shape index (κ1) is 19.1. The van der Waals surface area contributed by atoms with Gasteiger partial charge in [-0.2, -0.15) is 0 Å². The van der Waals surface area contributed by atoms with E-state index in [-0.39, 0.29) is 18.7 Å². The maximum atomic E-state index is 12.6. The number of fused-ring (bicyclic) bond motifs is 1. The number of hydrogen-bond acceptors (Lipinski definition) is 6. The van der Waals surface area contributed by atoms with E-state index in [1.807, 2.05) is 54.8 Å². The van der Waals surface area contributed by atoms with Gasteiger partial charge in [0.1, 0.15) is 18.1 Å². The lowest BCUT2D eigenvalue weighted by Crippen LogP contribution is -2.25. The fourth-order valence-corrected chi connectivity index (χ4v) is 3.77. The van der Waals surface area contributed by atoms with E-state index in [0.29, 0.717) is 23.0 Å². The Morgan fingerprint density at radius 2 is 2.00 bits per heavy atom. The lowest BCUT2D eigenvalue weighted by molar-refractivity contribution is 0.0944. The van der Waals surface area contributed by atoms with E-state index < -0.39 is 0 Å². The number of ether oxygens (including phenoxy) is 4. The molecule has 1 unspecified atom stereocenters. The van der Waals surface area contributed by atoms with E-state index in [1.165, 1.54) is 11.3 Å². The van der Waals surface area contributed by atoms with Gasteiger partial charge in [-0.15, -0.1) is 11.3 Å². The second kappa shape index (κ2) is 8.45. The van der Waals surface area contributed by atoms with Crippen LogP contribution >= 0.6 is 11.3 Å². The van der Waals surface area contributed by atoms with Gasteiger partial charge in [-0.25, -0.2) is 0 Å². The first-order valence-corrected chi connectivity index (χ1v) is 10.0. The number of nitrogens with one attached hydrogen (secondary N) is 1. The van der Waals surface area contributed by atoms with Crippen LogP contribution in [-0.2, 0) is 6.61 Å². The fourth-order valence-electron chi connectivity index (χ4n) is 2.97. The van der Waals surface area contributed by atoms with Crippen LogP contribution in [0.3, 0.4) is 0 Å². The Morgan fingerprint density at radius 1 is 1.14 bits per heavy atom. The molecule has 1 aliphatic rings. The van der Waals surface area contributed by atoms with Crippen LogP contribution in [0.25, 0.3) is 0 Å². The zero-order valence-electron chi connectivity index (χ0n) is 16.1. The molecule has 0 bridgehead atoms. The summed E-state index contributed by atoms with van der Waals surface area (Å²) in [5, 5.41) is 4.95.